The molecule has 0 aliphatic heterocycles. The first-order chi connectivity index (χ1) is 5.68. The first-order valence-electron chi connectivity index (χ1n) is 4.15. The summed E-state index contributed by atoms with van der Waals surface area (Å²) in [6.07, 6.45) is 1.78. The van der Waals surface area contributed by atoms with Gasteiger partial charge in [-0.15, -0.1) is 0 Å². The van der Waals surface area contributed by atoms with Gasteiger partial charge in [0.05, 0.1) is 0 Å². The Morgan fingerprint density at radius 2 is 2.17 bits per heavy atom. The number of phenolic OH excluding ortho intramolecular Hbond substituents is 1. The number of rotatable bonds is 2. The molecule has 0 amide bonds. The van der Waals surface area contributed by atoms with Gasteiger partial charge >= 0.3 is 0 Å². The van der Waals surface area contributed by atoms with Gasteiger partial charge in [0, 0.05) is 6.42 Å². The number of halogens is 1. The van der Waals surface area contributed by atoms with Crippen LogP contribution in [0.4, 0.5) is 4.39 Å². The van der Waals surface area contributed by atoms with Gasteiger partial charge in [0.2, 0.25) is 0 Å². The number of aromatic hydroxyl groups is 1. The molecule has 1 saturated carbocycles. The fourth-order valence-electron chi connectivity index (χ4n) is 1.34. The van der Waals surface area contributed by atoms with Crippen molar-refractivity contribution in [3.63, 3.8) is 0 Å². The minimum Gasteiger partial charge on any atom is -0.508 e. The average Bonchev–Trinajstić information content (AvgIpc) is 2.67. The zero-order valence-electron chi connectivity index (χ0n) is 6.76. The molecule has 0 saturated heterocycles. The molecule has 1 aliphatic rings. The molecule has 1 aromatic rings. The fraction of sp³-hybridized carbons (Fsp3) is 0.400. The maximum atomic E-state index is 13.2. The highest BCUT2D eigenvalue weighted by Crippen LogP contribution is 2.42. The molecule has 0 atom stereocenters. The van der Waals surface area contributed by atoms with Gasteiger partial charge in [0.15, 0.2) is 0 Å². The molecule has 0 aromatic heterocycles. The first-order valence-corrected chi connectivity index (χ1v) is 4.15. The summed E-state index contributed by atoms with van der Waals surface area (Å²) < 4.78 is 13.2. The van der Waals surface area contributed by atoms with E-state index >= 15 is 0 Å². The zero-order chi connectivity index (χ0) is 8.60. The Hall–Kier alpha value is -1.05. The average molecular weight is 166 g/mol. The standard InChI is InChI=1S/C10H11FO/c11-10(4-5-10)7-8-2-1-3-9(12)6-8/h1-3,6,12H,4-5,7H2. The normalized spacial score (nSPS) is 19.1. The van der Waals surface area contributed by atoms with Crippen LogP contribution in [0.3, 0.4) is 0 Å². The van der Waals surface area contributed by atoms with Crippen LogP contribution in [0.15, 0.2) is 24.3 Å². The maximum absolute atomic E-state index is 13.2. The lowest BCUT2D eigenvalue weighted by Crippen LogP contribution is -2.03. The van der Waals surface area contributed by atoms with Crippen LogP contribution in [-0.2, 0) is 6.42 Å². The largest absolute Gasteiger partial charge is 0.508 e. The summed E-state index contributed by atoms with van der Waals surface area (Å²) in [7, 11) is 0. The summed E-state index contributed by atoms with van der Waals surface area (Å²) in [5.41, 5.74) is -0.0802. The van der Waals surface area contributed by atoms with Crippen LogP contribution in [0, 0.1) is 0 Å². The van der Waals surface area contributed by atoms with Gasteiger partial charge in [0.1, 0.15) is 11.4 Å². The molecule has 1 nitrogen and oxygen atoms in total. The number of hydrogen-bond acceptors (Lipinski definition) is 1. The van der Waals surface area contributed by atoms with Gasteiger partial charge in [-0.2, -0.15) is 0 Å². The molecular formula is C10H11FO. The van der Waals surface area contributed by atoms with Crippen LogP contribution >= 0.6 is 0 Å². The molecule has 0 spiro atoms. The van der Waals surface area contributed by atoms with E-state index in [0.29, 0.717) is 19.3 Å². The highest BCUT2D eigenvalue weighted by molar-refractivity contribution is 5.29. The molecule has 0 radical (unpaired) electrons. The van der Waals surface area contributed by atoms with Crippen molar-refractivity contribution >= 4 is 0 Å². The lowest BCUT2D eigenvalue weighted by molar-refractivity contribution is 0.307. The van der Waals surface area contributed by atoms with Crippen LogP contribution in [0.1, 0.15) is 18.4 Å². The predicted octanol–water partition coefficient (Wildman–Crippen LogP) is 2.44. The summed E-state index contributed by atoms with van der Waals surface area (Å²) in [6, 6.07) is 6.82. The van der Waals surface area contributed by atoms with E-state index in [1.165, 1.54) is 0 Å². The Morgan fingerprint density at radius 3 is 2.75 bits per heavy atom. The van der Waals surface area contributed by atoms with Crippen LogP contribution in [0.25, 0.3) is 0 Å². The van der Waals surface area contributed by atoms with Gasteiger partial charge in [-0.1, -0.05) is 12.1 Å². The smallest absolute Gasteiger partial charge is 0.115 e. The van der Waals surface area contributed by atoms with Crippen molar-refractivity contribution in [3.8, 4) is 5.75 Å². The van der Waals surface area contributed by atoms with E-state index in [1.807, 2.05) is 6.07 Å². The molecule has 0 unspecified atom stereocenters. The first kappa shape index (κ1) is 7.59. The van der Waals surface area contributed by atoms with Crippen LogP contribution in [0.5, 0.6) is 5.75 Å². The lowest BCUT2D eigenvalue weighted by Gasteiger charge is -2.04. The Bertz CT molecular complexity index is 292. The van der Waals surface area contributed by atoms with Crippen molar-refractivity contribution in [1.82, 2.24) is 0 Å². The predicted molar refractivity (Wildman–Crippen MR) is 44.9 cm³/mol. The fourth-order valence-corrected chi connectivity index (χ4v) is 1.34. The topological polar surface area (TPSA) is 20.2 Å². The molecule has 1 N–H and O–H groups in total. The van der Waals surface area contributed by atoms with Crippen molar-refractivity contribution in [1.29, 1.82) is 0 Å². The highest BCUT2D eigenvalue weighted by Gasteiger charge is 2.42. The van der Waals surface area contributed by atoms with Crippen molar-refractivity contribution in [2.24, 2.45) is 0 Å². The van der Waals surface area contributed by atoms with Crippen molar-refractivity contribution in [2.75, 3.05) is 0 Å². The molecular weight excluding hydrogens is 155 g/mol. The van der Waals surface area contributed by atoms with Crippen LogP contribution in [-0.4, -0.2) is 10.8 Å². The summed E-state index contributed by atoms with van der Waals surface area (Å²) in [5.74, 6) is 0.219. The molecule has 64 valence electrons. The summed E-state index contributed by atoms with van der Waals surface area (Å²) in [4.78, 5) is 0. The Morgan fingerprint density at radius 1 is 1.42 bits per heavy atom. The van der Waals surface area contributed by atoms with E-state index in [-0.39, 0.29) is 5.75 Å². The van der Waals surface area contributed by atoms with Crippen LogP contribution < -0.4 is 0 Å². The molecule has 1 aromatic carbocycles. The number of phenols is 1. The van der Waals surface area contributed by atoms with Gasteiger partial charge in [-0.05, 0) is 30.5 Å². The van der Waals surface area contributed by atoms with Gasteiger partial charge in [-0.3, -0.25) is 0 Å². The van der Waals surface area contributed by atoms with Gasteiger partial charge < -0.3 is 5.11 Å². The SMILES string of the molecule is Oc1cccc(CC2(F)CC2)c1. The monoisotopic (exact) mass is 166 g/mol. The minimum atomic E-state index is -0.964. The second-order valence-electron chi connectivity index (χ2n) is 3.50. The van der Waals surface area contributed by atoms with E-state index in [4.69, 9.17) is 5.11 Å². The Balaban J connectivity index is 2.12. The molecule has 0 bridgehead atoms. The molecule has 12 heavy (non-hydrogen) atoms. The van der Waals surface area contributed by atoms with E-state index in [1.54, 1.807) is 18.2 Å². The third-order valence-corrected chi connectivity index (χ3v) is 2.22. The maximum Gasteiger partial charge on any atom is 0.115 e. The summed E-state index contributed by atoms with van der Waals surface area (Å²) >= 11 is 0. The highest BCUT2D eigenvalue weighted by atomic mass is 19.1. The van der Waals surface area contributed by atoms with Gasteiger partial charge in [0.25, 0.3) is 0 Å². The molecule has 2 rings (SSSR count). The van der Waals surface area contributed by atoms with Crippen LogP contribution in [0.2, 0.25) is 0 Å². The Labute approximate surface area is 70.8 Å². The number of hydrogen-bond donors (Lipinski definition) is 1. The quantitative estimate of drug-likeness (QED) is 0.715. The second-order valence-corrected chi connectivity index (χ2v) is 3.50. The number of alkyl halides is 1. The molecule has 1 fully saturated rings. The van der Waals surface area contributed by atoms with E-state index in [2.05, 4.69) is 0 Å². The number of benzene rings is 1. The third-order valence-electron chi connectivity index (χ3n) is 2.22. The molecule has 1 aliphatic carbocycles. The third kappa shape index (κ3) is 1.58. The molecule has 2 heteroatoms. The minimum absolute atomic E-state index is 0.219. The van der Waals surface area contributed by atoms with E-state index in [0.717, 1.165) is 5.56 Å². The van der Waals surface area contributed by atoms with E-state index in [9.17, 15) is 4.39 Å². The zero-order valence-corrected chi connectivity index (χ0v) is 6.76. The summed E-state index contributed by atoms with van der Waals surface area (Å²) in [6.45, 7) is 0. The van der Waals surface area contributed by atoms with Crippen molar-refractivity contribution in [3.05, 3.63) is 29.8 Å². The van der Waals surface area contributed by atoms with E-state index < -0.39 is 5.67 Å². The molecule has 0 heterocycles. The van der Waals surface area contributed by atoms with Crippen molar-refractivity contribution < 1.29 is 9.50 Å². The van der Waals surface area contributed by atoms with Gasteiger partial charge in [-0.25, -0.2) is 4.39 Å². The Kier molecular flexibility index (Phi) is 1.56. The second kappa shape index (κ2) is 2.47. The lowest BCUT2D eigenvalue weighted by atomic mass is 10.1. The summed E-state index contributed by atoms with van der Waals surface area (Å²) in [5, 5.41) is 9.11. The van der Waals surface area contributed by atoms with Crippen molar-refractivity contribution in [2.45, 2.75) is 24.9 Å².